The smallest absolute Gasteiger partial charge is 0.157 e. The number of rotatable bonds is 2. The molecule has 0 fully saturated rings. The summed E-state index contributed by atoms with van der Waals surface area (Å²) in [5.74, 6) is -0.221. The highest BCUT2D eigenvalue weighted by Crippen LogP contribution is 2.00. The van der Waals surface area contributed by atoms with Gasteiger partial charge in [0.25, 0.3) is 0 Å². The zero-order chi connectivity index (χ0) is 7.98. The lowest BCUT2D eigenvalue weighted by Crippen LogP contribution is -1.82. The summed E-state index contributed by atoms with van der Waals surface area (Å²) in [6.07, 6.45) is 6.15. The van der Waals surface area contributed by atoms with E-state index < -0.39 is 0 Å². The molecule has 0 atom stereocenters. The Balaban J connectivity index is 4.33. The Bertz CT molecular complexity index is 156. The zero-order valence-corrected chi connectivity index (χ0v) is 6.20. The van der Waals surface area contributed by atoms with Crippen molar-refractivity contribution in [3.63, 3.8) is 0 Å². The maximum Gasteiger partial charge on any atom is 0.157 e. The van der Waals surface area contributed by atoms with Crippen LogP contribution < -0.4 is 0 Å². The summed E-state index contributed by atoms with van der Waals surface area (Å²) in [7, 11) is 0. The maximum absolute atomic E-state index is 8.94. The third-order valence-electron chi connectivity index (χ3n) is 0.912. The van der Waals surface area contributed by atoms with Crippen LogP contribution in [0.3, 0.4) is 0 Å². The molecule has 0 rings (SSSR count). The van der Waals surface area contributed by atoms with Crippen molar-refractivity contribution in [2.45, 2.75) is 13.8 Å². The number of hydrogen-bond acceptors (Lipinski definition) is 2. The summed E-state index contributed by atoms with van der Waals surface area (Å²) in [5, 5.41) is 17.9. The van der Waals surface area contributed by atoms with Crippen LogP contribution in [-0.4, -0.2) is 10.2 Å². The predicted molar refractivity (Wildman–Crippen MR) is 41.9 cm³/mol. The van der Waals surface area contributed by atoms with Crippen LogP contribution in [0.15, 0.2) is 35.8 Å². The van der Waals surface area contributed by atoms with Crippen molar-refractivity contribution < 1.29 is 10.2 Å². The van der Waals surface area contributed by atoms with Crippen LogP contribution in [0.1, 0.15) is 13.8 Å². The summed E-state index contributed by atoms with van der Waals surface area (Å²) in [4.78, 5) is 0. The Morgan fingerprint density at radius 1 is 0.900 bits per heavy atom. The number of allylic oxidation sites excluding steroid dienone is 4. The van der Waals surface area contributed by atoms with Crippen molar-refractivity contribution in [3.05, 3.63) is 35.8 Å². The van der Waals surface area contributed by atoms with Crippen LogP contribution in [0.4, 0.5) is 0 Å². The average Bonchev–Trinajstić information content (AvgIpc) is 1.89. The predicted octanol–water partition coefficient (Wildman–Crippen LogP) is 2.47. The van der Waals surface area contributed by atoms with Gasteiger partial charge in [-0.1, -0.05) is 12.2 Å². The summed E-state index contributed by atoms with van der Waals surface area (Å²) in [6, 6.07) is 0. The summed E-state index contributed by atoms with van der Waals surface area (Å²) >= 11 is 0. The number of hydrogen-bond donors (Lipinski definition) is 2. The molecule has 0 aromatic carbocycles. The molecule has 10 heavy (non-hydrogen) atoms. The van der Waals surface area contributed by atoms with Crippen LogP contribution in [0.25, 0.3) is 0 Å². The molecule has 0 aromatic heterocycles. The maximum atomic E-state index is 8.94. The second-order valence-electron chi connectivity index (χ2n) is 1.77. The van der Waals surface area contributed by atoms with Crippen molar-refractivity contribution in [1.82, 2.24) is 0 Å². The largest absolute Gasteiger partial charge is 0.504 e. The quantitative estimate of drug-likeness (QED) is 0.457. The van der Waals surface area contributed by atoms with Gasteiger partial charge in [-0.2, -0.15) is 0 Å². The molecule has 2 heteroatoms. The Hall–Kier alpha value is -1.18. The monoisotopic (exact) mass is 140 g/mol. The summed E-state index contributed by atoms with van der Waals surface area (Å²) < 4.78 is 0. The van der Waals surface area contributed by atoms with E-state index in [-0.39, 0.29) is 11.5 Å². The molecule has 56 valence electrons. The first-order valence-corrected chi connectivity index (χ1v) is 3.10. The summed E-state index contributed by atoms with van der Waals surface area (Å²) in [6.45, 7) is 3.53. The Morgan fingerprint density at radius 3 is 1.40 bits per heavy atom. The number of aliphatic hydroxyl groups excluding tert-OH is 2. The molecular formula is C8H12O2. The lowest BCUT2D eigenvalue weighted by Gasteiger charge is -1.92. The van der Waals surface area contributed by atoms with Gasteiger partial charge in [-0.3, -0.25) is 0 Å². The van der Waals surface area contributed by atoms with Gasteiger partial charge < -0.3 is 10.2 Å². The van der Waals surface area contributed by atoms with E-state index in [4.69, 9.17) is 10.2 Å². The highest BCUT2D eigenvalue weighted by atomic mass is 16.3. The van der Waals surface area contributed by atoms with Crippen LogP contribution >= 0.6 is 0 Å². The Kier molecular flexibility index (Phi) is 4.12. The van der Waals surface area contributed by atoms with Crippen LogP contribution in [0.5, 0.6) is 0 Å². The lowest BCUT2D eigenvalue weighted by molar-refractivity contribution is 0.352. The van der Waals surface area contributed by atoms with E-state index in [9.17, 15) is 0 Å². The molecule has 0 unspecified atom stereocenters. The second kappa shape index (κ2) is 4.68. The van der Waals surface area contributed by atoms with Crippen LogP contribution in [0, 0.1) is 0 Å². The van der Waals surface area contributed by atoms with Gasteiger partial charge in [0.2, 0.25) is 0 Å². The van der Waals surface area contributed by atoms with Gasteiger partial charge in [-0.25, -0.2) is 0 Å². The topological polar surface area (TPSA) is 40.5 Å². The third kappa shape index (κ3) is 2.97. The minimum absolute atomic E-state index is 0.111. The van der Waals surface area contributed by atoms with E-state index in [1.54, 1.807) is 26.0 Å². The Morgan fingerprint density at radius 2 is 1.20 bits per heavy atom. The van der Waals surface area contributed by atoms with Gasteiger partial charge in [-0.05, 0) is 26.0 Å². The van der Waals surface area contributed by atoms with E-state index in [1.807, 2.05) is 0 Å². The first-order chi connectivity index (χ1) is 4.72. The SMILES string of the molecule is C\C=C/C(O)=C(O)\C=C/C. The van der Waals surface area contributed by atoms with Crippen LogP contribution in [0.2, 0.25) is 0 Å². The van der Waals surface area contributed by atoms with Crippen LogP contribution in [-0.2, 0) is 0 Å². The fourth-order valence-electron chi connectivity index (χ4n) is 0.486. The highest BCUT2D eigenvalue weighted by molar-refractivity contribution is 5.21. The molecule has 0 bridgehead atoms. The van der Waals surface area contributed by atoms with E-state index in [1.165, 1.54) is 12.2 Å². The molecule has 2 N–H and O–H groups in total. The van der Waals surface area contributed by atoms with Crippen molar-refractivity contribution in [1.29, 1.82) is 0 Å². The van der Waals surface area contributed by atoms with E-state index in [0.29, 0.717) is 0 Å². The molecule has 0 heterocycles. The van der Waals surface area contributed by atoms with E-state index in [2.05, 4.69) is 0 Å². The van der Waals surface area contributed by atoms with E-state index >= 15 is 0 Å². The highest BCUT2D eigenvalue weighted by Gasteiger charge is 1.91. The normalized spacial score (nSPS) is 14.6. The molecule has 0 saturated carbocycles. The molecule has 2 nitrogen and oxygen atoms in total. The Labute approximate surface area is 60.8 Å². The van der Waals surface area contributed by atoms with E-state index in [0.717, 1.165) is 0 Å². The van der Waals surface area contributed by atoms with Gasteiger partial charge in [0.15, 0.2) is 11.5 Å². The molecule has 0 aliphatic heterocycles. The van der Waals surface area contributed by atoms with Crippen molar-refractivity contribution in [3.8, 4) is 0 Å². The third-order valence-corrected chi connectivity index (χ3v) is 0.912. The summed E-state index contributed by atoms with van der Waals surface area (Å²) in [5.41, 5.74) is 0. The first-order valence-electron chi connectivity index (χ1n) is 3.10. The van der Waals surface area contributed by atoms with Gasteiger partial charge in [0.05, 0.1) is 0 Å². The zero-order valence-electron chi connectivity index (χ0n) is 6.20. The molecular weight excluding hydrogens is 128 g/mol. The van der Waals surface area contributed by atoms with Gasteiger partial charge in [0.1, 0.15) is 0 Å². The number of aliphatic hydroxyl groups is 2. The van der Waals surface area contributed by atoms with Crippen molar-refractivity contribution in [2.75, 3.05) is 0 Å². The standard InChI is InChI=1S/C8H12O2/c1-3-5-7(9)8(10)6-4-2/h3-6,9-10H,1-2H3/b5-3-,6-4-,8-7-. The first kappa shape index (κ1) is 8.82. The van der Waals surface area contributed by atoms with Crippen molar-refractivity contribution in [2.24, 2.45) is 0 Å². The molecule has 0 saturated heterocycles. The molecule has 0 spiro atoms. The fourth-order valence-corrected chi connectivity index (χ4v) is 0.486. The average molecular weight is 140 g/mol. The molecule has 0 amide bonds. The lowest BCUT2D eigenvalue weighted by atomic mass is 10.3. The minimum Gasteiger partial charge on any atom is -0.504 e. The minimum atomic E-state index is -0.111. The van der Waals surface area contributed by atoms with Gasteiger partial charge in [0, 0.05) is 0 Å². The molecule has 0 radical (unpaired) electrons. The van der Waals surface area contributed by atoms with Crippen molar-refractivity contribution >= 4 is 0 Å². The molecule has 0 aliphatic carbocycles. The van der Waals surface area contributed by atoms with Gasteiger partial charge >= 0.3 is 0 Å². The van der Waals surface area contributed by atoms with Gasteiger partial charge in [-0.15, -0.1) is 0 Å². The molecule has 0 aliphatic rings. The molecule has 0 aromatic rings. The fraction of sp³-hybridized carbons (Fsp3) is 0.250. The second-order valence-corrected chi connectivity index (χ2v) is 1.77.